The first-order chi connectivity index (χ1) is 12.9. The molecule has 0 spiro atoms. The van der Waals surface area contributed by atoms with Gasteiger partial charge in [0, 0.05) is 25.5 Å². The Labute approximate surface area is 154 Å². The first kappa shape index (κ1) is 17.3. The lowest BCUT2D eigenvalue weighted by Crippen LogP contribution is -2.39. The Morgan fingerprint density at radius 2 is 1.93 bits per heavy atom. The van der Waals surface area contributed by atoms with Crippen LogP contribution in [0.1, 0.15) is 16.8 Å². The zero-order chi connectivity index (χ0) is 19.3. The lowest BCUT2D eigenvalue weighted by atomic mass is 10.1. The SMILES string of the molecule is Cc1cccc(Cn2c(=O)c3c(nc4n(CCO)c(C)cn34)n(C)c2=O)c1. The smallest absolute Gasteiger partial charge is 0.332 e. The predicted octanol–water partition coefficient (Wildman–Crippen LogP) is 0.807. The van der Waals surface area contributed by atoms with Gasteiger partial charge in [-0.05, 0) is 19.4 Å². The van der Waals surface area contributed by atoms with Gasteiger partial charge in [-0.1, -0.05) is 29.8 Å². The minimum atomic E-state index is -0.403. The topological polar surface area (TPSA) is 86.5 Å². The number of rotatable bonds is 4. The number of nitrogens with zero attached hydrogens (tertiary/aromatic N) is 5. The Kier molecular flexibility index (Phi) is 4.00. The predicted molar refractivity (Wildman–Crippen MR) is 102 cm³/mol. The molecule has 0 bridgehead atoms. The number of aliphatic hydroxyl groups is 1. The third-order valence-electron chi connectivity index (χ3n) is 4.89. The molecule has 0 amide bonds. The Morgan fingerprint density at radius 3 is 2.63 bits per heavy atom. The zero-order valence-corrected chi connectivity index (χ0v) is 15.5. The maximum atomic E-state index is 13.2. The average Bonchev–Trinajstić information content (AvgIpc) is 3.14. The van der Waals surface area contributed by atoms with Gasteiger partial charge >= 0.3 is 5.69 Å². The highest BCUT2D eigenvalue weighted by molar-refractivity contribution is 5.75. The molecule has 0 radical (unpaired) electrons. The summed E-state index contributed by atoms with van der Waals surface area (Å²) in [7, 11) is 1.62. The Hall–Kier alpha value is -3.13. The molecule has 0 atom stereocenters. The number of aromatic nitrogens is 5. The van der Waals surface area contributed by atoms with Gasteiger partial charge in [-0.2, -0.15) is 4.98 Å². The van der Waals surface area contributed by atoms with E-state index in [1.807, 2.05) is 48.9 Å². The quantitative estimate of drug-likeness (QED) is 0.578. The number of hydrogen-bond donors (Lipinski definition) is 1. The fraction of sp³-hybridized carbons (Fsp3) is 0.316. The third-order valence-corrected chi connectivity index (χ3v) is 4.89. The summed E-state index contributed by atoms with van der Waals surface area (Å²) in [6.45, 7) is 4.40. The molecule has 0 saturated heterocycles. The van der Waals surface area contributed by atoms with E-state index in [1.54, 1.807) is 11.4 Å². The van der Waals surface area contributed by atoms with E-state index in [4.69, 9.17) is 0 Å². The molecule has 8 nitrogen and oxygen atoms in total. The number of benzene rings is 1. The Bertz CT molecular complexity index is 1290. The number of aliphatic hydroxyl groups excluding tert-OH is 1. The van der Waals surface area contributed by atoms with E-state index in [9.17, 15) is 14.7 Å². The highest BCUT2D eigenvalue weighted by Gasteiger charge is 2.20. The van der Waals surface area contributed by atoms with Gasteiger partial charge in [0.25, 0.3) is 5.56 Å². The molecular weight excluding hydrogens is 346 g/mol. The summed E-state index contributed by atoms with van der Waals surface area (Å²) in [4.78, 5) is 30.5. The summed E-state index contributed by atoms with van der Waals surface area (Å²) in [6, 6.07) is 7.75. The monoisotopic (exact) mass is 367 g/mol. The second-order valence-corrected chi connectivity index (χ2v) is 6.82. The van der Waals surface area contributed by atoms with Crippen LogP contribution in [-0.4, -0.2) is 34.8 Å². The second-order valence-electron chi connectivity index (χ2n) is 6.82. The molecule has 0 aliphatic carbocycles. The molecular formula is C19H21N5O3. The van der Waals surface area contributed by atoms with Crippen LogP contribution in [0.3, 0.4) is 0 Å². The van der Waals surface area contributed by atoms with E-state index in [0.29, 0.717) is 23.5 Å². The molecule has 140 valence electrons. The summed E-state index contributed by atoms with van der Waals surface area (Å²) >= 11 is 0. The van der Waals surface area contributed by atoms with Crippen LogP contribution >= 0.6 is 0 Å². The van der Waals surface area contributed by atoms with Crippen molar-refractivity contribution in [3.05, 3.63) is 68.1 Å². The van der Waals surface area contributed by atoms with Gasteiger partial charge in [0.05, 0.1) is 13.2 Å². The van der Waals surface area contributed by atoms with Crippen molar-refractivity contribution < 1.29 is 5.11 Å². The van der Waals surface area contributed by atoms with E-state index < -0.39 is 5.69 Å². The summed E-state index contributed by atoms with van der Waals surface area (Å²) in [5.74, 6) is 0.539. The lowest BCUT2D eigenvalue weighted by molar-refractivity contribution is 0.276. The van der Waals surface area contributed by atoms with Crippen LogP contribution < -0.4 is 11.2 Å². The third kappa shape index (κ3) is 2.60. The first-order valence-corrected chi connectivity index (χ1v) is 8.76. The largest absolute Gasteiger partial charge is 0.395 e. The number of imidazole rings is 2. The fourth-order valence-corrected chi connectivity index (χ4v) is 3.56. The van der Waals surface area contributed by atoms with Crippen molar-refractivity contribution in [1.29, 1.82) is 0 Å². The van der Waals surface area contributed by atoms with Crippen LogP contribution in [0.2, 0.25) is 0 Å². The van der Waals surface area contributed by atoms with E-state index in [-0.39, 0.29) is 18.7 Å². The molecule has 4 rings (SSSR count). The molecule has 4 aromatic rings. The van der Waals surface area contributed by atoms with E-state index >= 15 is 0 Å². The number of aryl methyl sites for hydroxylation is 3. The van der Waals surface area contributed by atoms with Gasteiger partial charge < -0.3 is 9.67 Å². The average molecular weight is 367 g/mol. The van der Waals surface area contributed by atoms with Gasteiger partial charge in [-0.15, -0.1) is 0 Å². The number of hydrogen-bond acceptors (Lipinski definition) is 4. The highest BCUT2D eigenvalue weighted by atomic mass is 16.3. The maximum Gasteiger partial charge on any atom is 0.332 e. The van der Waals surface area contributed by atoms with Crippen LogP contribution in [0.5, 0.6) is 0 Å². The minimum Gasteiger partial charge on any atom is -0.395 e. The summed E-state index contributed by atoms with van der Waals surface area (Å²) < 4.78 is 6.17. The Balaban J connectivity index is 2.01. The molecule has 0 unspecified atom stereocenters. The minimum absolute atomic E-state index is 0.0368. The maximum absolute atomic E-state index is 13.2. The lowest BCUT2D eigenvalue weighted by Gasteiger charge is -2.08. The summed E-state index contributed by atoms with van der Waals surface area (Å²) in [6.07, 6.45) is 1.81. The van der Waals surface area contributed by atoms with E-state index in [1.165, 1.54) is 9.13 Å². The van der Waals surface area contributed by atoms with Crippen LogP contribution in [0.15, 0.2) is 40.1 Å². The van der Waals surface area contributed by atoms with Crippen LogP contribution in [0.4, 0.5) is 0 Å². The van der Waals surface area contributed by atoms with Crippen molar-refractivity contribution in [2.45, 2.75) is 26.9 Å². The molecule has 0 aliphatic rings. The summed E-state index contributed by atoms with van der Waals surface area (Å²) in [5.41, 5.74) is 2.77. The van der Waals surface area contributed by atoms with Crippen molar-refractivity contribution in [1.82, 2.24) is 23.1 Å². The van der Waals surface area contributed by atoms with Gasteiger partial charge in [0.1, 0.15) is 0 Å². The van der Waals surface area contributed by atoms with Gasteiger partial charge in [-0.25, -0.2) is 4.79 Å². The van der Waals surface area contributed by atoms with Crippen molar-refractivity contribution >= 4 is 16.9 Å². The van der Waals surface area contributed by atoms with Crippen LogP contribution in [0.25, 0.3) is 16.9 Å². The fourth-order valence-electron chi connectivity index (χ4n) is 3.56. The molecule has 1 N–H and O–H groups in total. The molecule has 3 aromatic heterocycles. The second kappa shape index (κ2) is 6.24. The van der Waals surface area contributed by atoms with Crippen LogP contribution in [-0.2, 0) is 20.1 Å². The molecule has 0 fully saturated rings. The molecule has 1 aromatic carbocycles. The molecule has 8 heteroatoms. The number of fused-ring (bicyclic) bond motifs is 3. The van der Waals surface area contributed by atoms with Gasteiger partial charge in [0.15, 0.2) is 11.2 Å². The van der Waals surface area contributed by atoms with Gasteiger partial charge in [0.2, 0.25) is 5.78 Å². The van der Waals surface area contributed by atoms with Crippen molar-refractivity contribution in [3.63, 3.8) is 0 Å². The molecule has 0 saturated carbocycles. The van der Waals surface area contributed by atoms with E-state index in [0.717, 1.165) is 16.8 Å². The molecule has 3 heterocycles. The van der Waals surface area contributed by atoms with Crippen molar-refractivity contribution in [2.24, 2.45) is 7.05 Å². The first-order valence-electron chi connectivity index (χ1n) is 8.76. The zero-order valence-electron chi connectivity index (χ0n) is 15.5. The van der Waals surface area contributed by atoms with Crippen LogP contribution in [0, 0.1) is 13.8 Å². The summed E-state index contributed by atoms with van der Waals surface area (Å²) in [5, 5.41) is 9.30. The highest BCUT2D eigenvalue weighted by Crippen LogP contribution is 2.16. The normalized spacial score (nSPS) is 11.7. The molecule has 27 heavy (non-hydrogen) atoms. The Morgan fingerprint density at radius 1 is 1.15 bits per heavy atom. The van der Waals surface area contributed by atoms with Crippen molar-refractivity contribution in [3.8, 4) is 0 Å². The van der Waals surface area contributed by atoms with Crippen molar-refractivity contribution in [2.75, 3.05) is 6.61 Å². The van der Waals surface area contributed by atoms with E-state index in [2.05, 4.69) is 4.98 Å². The standard InChI is InChI=1S/C19H21N5O3/c1-12-5-4-6-14(9-12)11-24-17(26)15-16(21(3)19(24)27)20-18-22(7-8-25)13(2)10-23(15)18/h4-6,9-10,25H,7-8,11H2,1-3H3. The molecule has 0 aliphatic heterocycles. The van der Waals surface area contributed by atoms with Gasteiger partial charge in [-0.3, -0.25) is 18.3 Å².